The first-order chi connectivity index (χ1) is 13.3. The number of hydrogen-bond acceptors (Lipinski definition) is 7. The summed E-state index contributed by atoms with van der Waals surface area (Å²) in [5.74, 6) is -1.31. The molecule has 0 aliphatic carbocycles. The van der Waals surface area contributed by atoms with E-state index in [1.54, 1.807) is 43.5 Å². The van der Waals surface area contributed by atoms with Crippen LogP contribution in [-0.4, -0.2) is 40.7 Å². The number of ketones is 1. The maximum Gasteiger partial charge on any atom is 0.339 e. The molecule has 1 aliphatic rings. The van der Waals surface area contributed by atoms with E-state index in [9.17, 15) is 14.7 Å². The molecule has 1 unspecified atom stereocenters. The monoisotopic (exact) mass is 382 g/mol. The Labute approximate surface area is 162 Å². The van der Waals surface area contributed by atoms with Gasteiger partial charge in [0.05, 0.1) is 13.3 Å². The topological polar surface area (TPSA) is 117 Å². The fourth-order valence-corrected chi connectivity index (χ4v) is 3.10. The van der Waals surface area contributed by atoms with Gasteiger partial charge in [-0.05, 0) is 54.8 Å². The molecule has 4 N–H and O–H groups in total. The number of nitrogen functional groups attached to an aromatic ring is 1. The number of hydrazone groups is 1. The van der Waals surface area contributed by atoms with Crippen LogP contribution in [0, 0.1) is 13.8 Å². The van der Waals surface area contributed by atoms with Crippen LogP contribution < -0.4 is 16.0 Å². The Morgan fingerprint density at radius 3 is 2.46 bits per heavy atom. The number of nitrogens with two attached hydrogens (primary N) is 1. The lowest BCUT2D eigenvalue weighted by molar-refractivity contribution is -0.145. The van der Waals surface area contributed by atoms with Crippen LogP contribution in [0.3, 0.4) is 0 Å². The minimum Gasteiger partial charge on any atom is -0.497 e. The molecular formula is C20H22N4O4. The van der Waals surface area contributed by atoms with Crippen molar-refractivity contribution in [2.75, 3.05) is 12.8 Å². The van der Waals surface area contributed by atoms with Crippen LogP contribution in [0.4, 0.5) is 5.69 Å². The van der Waals surface area contributed by atoms with Crippen molar-refractivity contribution in [2.45, 2.75) is 25.9 Å². The minimum absolute atomic E-state index is 0.132. The molecule has 1 heterocycles. The fraction of sp³-hybridized carbons (Fsp3) is 0.250. The van der Waals surface area contributed by atoms with E-state index < -0.39 is 17.3 Å². The van der Waals surface area contributed by atoms with Gasteiger partial charge in [-0.25, -0.2) is 10.3 Å². The molecular weight excluding hydrogens is 360 g/mol. The van der Waals surface area contributed by atoms with Gasteiger partial charge in [-0.15, -0.1) is 0 Å². The largest absolute Gasteiger partial charge is 0.497 e. The van der Waals surface area contributed by atoms with Gasteiger partial charge in [0.2, 0.25) is 11.3 Å². The highest BCUT2D eigenvalue weighted by Crippen LogP contribution is 2.29. The number of aryl methyl sites for hydroxylation is 2. The number of hydrazine groups is 1. The number of rotatable bonds is 6. The van der Waals surface area contributed by atoms with E-state index in [1.807, 2.05) is 13.8 Å². The second-order valence-corrected chi connectivity index (χ2v) is 6.72. The van der Waals surface area contributed by atoms with E-state index >= 15 is 0 Å². The molecule has 28 heavy (non-hydrogen) atoms. The smallest absolute Gasteiger partial charge is 0.339 e. The summed E-state index contributed by atoms with van der Waals surface area (Å²) in [5.41, 5.74) is 9.61. The maximum atomic E-state index is 13.3. The summed E-state index contributed by atoms with van der Waals surface area (Å²) in [6.45, 7) is 3.85. The van der Waals surface area contributed by atoms with Crippen LogP contribution in [0.15, 0.2) is 41.5 Å². The van der Waals surface area contributed by atoms with E-state index in [0.717, 1.165) is 22.9 Å². The number of carbonyl (C=O) groups is 2. The Morgan fingerprint density at radius 1 is 1.21 bits per heavy atom. The van der Waals surface area contributed by atoms with Crippen molar-refractivity contribution in [3.8, 4) is 5.75 Å². The first kappa shape index (κ1) is 19.4. The summed E-state index contributed by atoms with van der Waals surface area (Å²) in [6.07, 6.45) is 1.11. The lowest BCUT2D eigenvalue weighted by Gasteiger charge is -2.31. The Hall–Kier alpha value is -3.39. The highest BCUT2D eigenvalue weighted by Gasteiger charge is 2.54. The lowest BCUT2D eigenvalue weighted by atomic mass is 9.87. The van der Waals surface area contributed by atoms with Crippen LogP contribution >= 0.6 is 0 Å². The van der Waals surface area contributed by atoms with Gasteiger partial charge in [0.15, 0.2) is 0 Å². The number of ether oxygens (including phenoxy) is 1. The molecule has 0 spiro atoms. The van der Waals surface area contributed by atoms with Gasteiger partial charge in [0.25, 0.3) is 0 Å². The first-order valence-electron chi connectivity index (χ1n) is 8.65. The Balaban J connectivity index is 1.99. The van der Waals surface area contributed by atoms with Crippen molar-refractivity contribution in [2.24, 2.45) is 5.10 Å². The quantitative estimate of drug-likeness (QED) is 0.397. The van der Waals surface area contributed by atoms with Gasteiger partial charge >= 0.3 is 5.97 Å². The third kappa shape index (κ3) is 3.18. The molecule has 8 nitrogen and oxygen atoms in total. The summed E-state index contributed by atoms with van der Waals surface area (Å²) in [6, 6.07) is 10.4. The van der Waals surface area contributed by atoms with Gasteiger partial charge < -0.3 is 15.6 Å². The average molecular weight is 382 g/mol. The summed E-state index contributed by atoms with van der Waals surface area (Å²) in [7, 11) is 1.56. The van der Waals surface area contributed by atoms with Gasteiger partial charge in [-0.2, -0.15) is 10.1 Å². The standard InChI is InChI=1S/C20H22N4O4/c1-12-8-16(17(21)9-13(12)2)18(25)20(19(26)27)11-22-23-24(20)10-14-4-6-15(28-3)7-5-14/h4-9,11,23H,10,21H2,1-3H3,(H,26,27). The number of carboxylic acids is 1. The maximum absolute atomic E-state index is 13.3. The molecule has 0 saturated heterocycles. The average Bonchev–Trinajstić information content (AvgIpc) is 3.09. The molecule has 0 radical (unpaired) electrons. The molecule has 0 aromatic heterocycles. The molecule has 0 fully saturated rings. The van der Waals surface area contributed by atoms with E-state index in [2.05, 4.69) is 10.6 Å². The minimum atomic E-state index is -2.00. The van der Waals surface area contributed by atoms with Crippen LogP contribution in [0.5, 0.6) is 5.75 Å². The predicted molar refractivity (Wildman–Crippen MR) is 105 cm³/mol. The van der Waals surface area contributed by atoms with Gasteiger partial charge in [-0.3, -0.25) is 4.79 Å². The molecule has 1 aliphatic heterocycles. The lowest BCUT2D eigenvalue weighted by Crippen LogP contribution is -2.60. The van der Waals surface area contributed by atoms with Crippen LogP contribution in [-0.2, 0) is 11.3 Å². The molecule has 1 atom stereocenters. The molecule has 3 rings (SSSR count). The fourth-order valence-electron chi connectivity index (χ4n) is 3.10. The van der Waals surface area contributed by atoms with Crippen molar-refractivity contribution in [3.05, 3.63) is 58.7 Å². The third-order valence-electron chi connectivity index (χ3n) is 4.94. The van der Waals surface area contributed by atoms with Gasteiger partial charge in [0, 0.05) is 17.8 Å². The Kier molecular flexibility index (Phi) is 5.06. The number of nitrogens with one attached hydrogen (secondary N) is 1. The van der Waals surface area contributed by atoms with E-state index in [0.29, 0.717) is 5.75 Å². The number of methoxy groups -OCH3 is 1. The number of nitrogens with zero attached hydrogens (tertiary/aromatic N) is 2. The van der Waals surface area contributed by atoms with E-state index in [-0.39, 0.29) is 17.8 Å². The zero-order chi connectivity index (χ0) is 20.5. The predicted octanol–water partition coefficient (Wildman–Crippen LogP) is 1.91. The number of Topliss-reactive ketones (excluding diaryl/α,β-unsaturated/α-hetero) is 1. The summed E-state index contributed by atoms with van der Waals surface area (Å²) in [5, 5.41) is 15.1. The third-order valence-corrected chi connectivity index (χ3v) is 4.94. The van der Waals surface area contributed by atoms with Crippen molar-refractivity contribution < 1.29 is 19.4 Å². The SMILES string of the molecule is COc1ccc(CN2NN=CC2(C(=O)O)C(=O)c2cc(C)c(C)cc2N)cc1. The number of carboxylic acid groups (broad SMARTS) is 1. The Morgan fingerprint density at radius 2 is 1.86 bits per heavy atom. The van der Waals surface area contributed by atoms with Crippen molar-refractivity contribution in [1.82, 2.24) is 10.5 Å². The van der Waals surface area contributed by atoms with Crippen molar-refractivity contribution in [3.63, 3.8) is 0 Å². The second-order valence-electron chi connectivity index (χ2n) is 6.72. The molecule has 0 bridgehead atoms. The van der Waals surface area contributed by atoms with Crippen LogP contribution in [0.1, 0.15) is 27.0 Å². The Bertz CT molecular complexity index is 955. The normalized spacial score (nSPS) is 18.7. The molecule has 2 aromatic rings. The molecule has 146 valence electrons. The highest BCUT2D eigenvalue weighted by molar-refractivity contribution is 6.29. The van der Waals surface area contributed by atoms with E-state index in [4.69, 9.17) is 10.5 Å². The highest BCUT2D eigenvalue weighted by atomic mass is 16.5. The van der Waals surface area contributed by atoms with Crippen LogP contribution in [0.2, 0.25) is 0 Å². The number of benzene rings is 2. The van der Waals surface area contributed by atoms with Crippen molar-refractivity contribution in [1.29, 1.82) is 0 Å². The van der Waals surface area contributed by atoms with Crippen molar-refractivity contribution >= 4 is 23.7 Å². The number of carbonyl (C=O) groups excluding carboxylic acids is 1. The van der Waals surface area contributed by atoms with Gasteiger partial charge in [0.1, 0.15) is 5.75 Å². The molecule has 0 amide bonds. The zero-order valence-electron chi connectivity index (χ0n) is 15.9. The summed E-state index contributed by atoms with van der Waals surface area (Å²) < 4.78 is 5.13. The summed E-state index contributed by atoms with van der Waals surface area (Å²) in [4.78, 5) is 25.6. The van der Waals surface area contributed by atoms with Gasteiger partial charge in [-0.1, -0.05) is 12.1 Å². The number of aliphatic carboxylic acids is 1. The van der Waals surface area contributed by atoms with E-state index in [1.165, 1.54) is 5.01 Å². The second kappa shape index (κ2) is 7.32. The molecule has 2 aromatic carbocycles. The molecule has 0 saturated carbocycles. The molecule has 8 heteroatoms. The summed E-state index contributed by atoms with van der Waals surface area (Å²) >= 11 is 0. The number of anilines is 1. The zero-order valence-corrected chi connectivity index (χ0v) is 15.9. The first-order valence-corrected chi connectivity index (χ1v) is 8.65. The number of hydrogen-bond donors (Lipinski definition) is 3. The van der Waals surface area contributed by atoms with Crippen LogP contribution in [0.25, 0.3) is 0 Å².